The van der Waals surface area contributed by atoms with E-state index in [-0.39, 0.29) is 11.6 Å². The van der Waals surface area contributed by atoms with E-state index in [0.29, 0.717) is 43.3 Å². The molecule has 0 saturated carbocycles. The molecule has 1 saturated heterocycles. The second kappa shape index (κ2) is 5.91. The van der Waals surface area contributed by atoms with Crippen molar-refractivity contribution in [2.24, 2.45) is 0 Å². The predicted octanol–water partition coefficient (Wildman–Crippen LogP) is 0.788. The van der Waals surface area contributed by atoms with Gasteiger partial charge in [0.1, 0.15) is 21.5 Å². The number of ether oxygens (including phenoxy) is 1. The van der Waals surface area contributed by atoms with E-state index in [4.69, 9.17) is 10.5 Å². The lowest BCUT2D eigenvalue weighted by Crippen LogP contribution is -2.36. The van der Waals surface area contributed by atoms with Gasteiger partial charge in [-0.05, 0) is 6.92 Å². The Morgan fingerprint density at radius 2 is 2.26 bits per heavy atom. The Bertz CT molecular complexity index is 515. The van der Waals surface area contributed by atoms with E-state index in [1.807, 2.05) is 11.8 Å². The van der Waals surface area contributed by atoms with Crippen molar-refractivity contribution in [3.63, 3.8) is 0 Å². The van der Waals surface area contributed by atoms with Crippen molar-refractivity contribution in [1.82, 2.24) is 5.32 Å². The first-order valence-corrected chi connectivity index (χ1v) is 6.94. The lowest BCUT2D eigenvalue weighted by molar-refractivity contribution is 0.0960. The Labute approximate surface area is 115 Å². The maximum Gasteiger partial charge on any atom is 0.263 e. The number of hydrogen-bond acceptors (Lipinski definition) is 6. The van der Waals surface area contributed by atoms with E-state index in [9.17, 15) is 10.1 Å². The number of carbonyl (C=O) groups excluding carboxylic acids is 1. The number of anilines is 2. The third-order valence-electron chi connectivity index (χ3n) is 2.88. The average Bonchev–Trinajstić information content (AvgIpc) is 2.77. The number of thiophene rings is 1. The molecular weight excluding hydrogens is 264 g/mol. The van der Waals surface area contributed by atoms with Crippen molar-refractivity contribution >= 4 is 27.9 Å². The number of nitriles is 1. The Kier molecular flexibility index (Phi) is 4.24. The zero-order chi connectivity index (χ0) is 13.8. The van der Waals surface area contributed by atoms with Gasteiger partial charge >= 0.3 is 0 Å². The summed E-state index contributed by atoms with van der Waals surface area (Å²) >= 11 is 1.28. The molecule has 0 spiro atoms. The molecule has 6 nitrogen and oxygen atoms in total. The van der Waals surface area contributed by atoms with Crippen molar-refractivity contribution in [1.29, 1.82) is 5.26 Å². The number of nitrogen functional groups attached to an aromatic ring is 1. The number of nitrogens with zero attached hydrogens (tertiary/aromatic N) is 2. The van der Waals surface area contributed by atoms with Crippen LogP contribution in [-0.2, 0) is 4.74 Å². The smallest absolute Gasteiger partial charge is 0.263 e. The molecule has 0 aromatic carbocycles. The first kappa shape index (κ1) is 13.6. The quantitative estimate of drug-likeness (QED) is 0.854. The van der Waals surface area contributed by atoms with Crippen LogP contribution in [0.15, 0.2) is 0 Å². The van der Waals surface area contributed by atoms with Gasteiger partial charge in [-0.1, -0.05) is 0 Å². The lowest BCUT2D eigenvalue weighted by Gasteiger charge is -2.27. The predicted molar refractivity (Wildman–Crippen MR) is 74.5 cm³/mol. The molecule has 1 aromatic rings. The minimum absolute atomic E-state index is 0.221. The summed E-state index contributed by atoms with van der Waals surface area (Å²) in [6.45, 7) is 5.05. The molecule has 2 rings (SSSR count). The van der Waals surface area contributed by atoms with Crippen LogP contribution >= 0.6 is 11.3 Å². The fraction of sp³-hybridized carbons (Fsp3) is 0.500. The molecule has 7 heteroatoms. The molecule has 0 atom stereocenters. The van der Waals surface area contributed by atoms with Gasteiger partial charge in [-0.2, -0.15) is 5.26 Å². The maximum atomic E-state index is 11.9. The summed E-state index contributed by atoms with van der Waals surface area (Å²) in [5, 5.41) is 12.7. The summed E-state index contributed by atoms with van der Waals surface area (Å²) in [5.41, 5.74) is 6.60. The largest absolute Gasteiger partial charge is 0.396 e. The van der Waals surface area contributed by atoms with Crippen molar-refractivity contribution in [3.8, 4) is 6.07 Å². The van der Waals surface area contributed by atoms with Gasteiger partial charge in [-0.3, -0.25) is 4.79 Å². The van der Waals surface area contributed by atoms with Crippen LogP contribution < -0.4 is 16.0 Å². The molecule has 2 heterocycles. The van der Waals surface area contributed by atoms with Crippen LogP contribution in [-0.4, -0.2) is 38.8 Å². The molecule has 1 aromatic heterocycles. The van der Waals surface area contributed by atoms with Crippen LogP contribution in [0.1, 0.15) is 22.2 Å². The molecule has 0 radical (unpaired) electrons. The highest BCUT2D eigenvalue weighted by Gasteiger charge is 2.25. The van der Waals surface area contributed by atoms with Gasteiger partial charge in [0, 0.05) is 19.6 Å². The topological polar surface area (TPSA) is 91.4 Å². The Morgan fingerprint density at radius 1 is 1.58 bits per heavy atom. The van der Waals surface area contributed by atoms with Gasteiger partial charge in [0.2, 0.25) is 0 Å². The van der Waals surface area contributed by atoms with E-state index >= 15 is 0 Å². The van der Waals surface area contributed by atoms with E-state index in [2.05, 4.69) is 11.4 Å². The highest BCUT2D eigenvalue weighted by molar-refractivity contribution is 7.19. The Hall–Kier alpha value is -1.78. The highest BCUT2D eigenvalue weighted by Crippen LogP contribution is 2.38. The number of morpholine rings is 1. The summed E-state index contributed by atoms with van der Waals surface area (Å²) in [6, 6.07) is 2.10. The number of amides is 1. The van der Waals surface area contributed by atoms with Crippen molar-refractivity contribution in [2.75, 3.05) is 43.5 Å². The van der Waals surface area contributed by atoms with Crippen molar-refractivity contribution < 1.29 is 9.53 Å². The average molecular weight is 280 g/mol. The normalized spacial score (nSPS) is 15.1. The number of nitrogens with one attached hydrogen (secondary N) is 1. The number of rotatable bonds is 3. The van der Waals surface area contributed by atoms with E-state index in [1.54, 1.807) is 0 Å². The van der Waals surface area contributed by atoms with Crippen molar-refractivity contribution in [3.05, 3.63) is 10.4 Å². The van der Waals surface area contributed by atoms with Gasteiger partial charge < -0.3 is 20.7 Å². The summed E-state index contributed by atoms with van der Waals surface area (Å²) in [4.78, 5) is 14.4. The number of carbonyl (C=O) groups is 1. The van der Waals surface area contributed by atoms with Crippen LogP contribution in [0.25, 0.3) is 0 Å². The summed E-state index contributed by atoms with van der Waals surface area (Å²) in [7, 11) is 0. The third-order valence-corrected chi connectivity index (χ3v) is 4.15. The Morgan fingerprint density at radius 3 is 2.84 bits per heavy atom. The zero-order valence-electron chi connectivity index (χ0n) is 10.7. The molecule has 1 amide bonds. The van der Waals surface area contributed by atoms with Crippen molar-refractivity contribution in [2.45, 2.75) is 6.92 Å². The molecule has 1 aliphatic rings. The van der Waals surface area contributed by atoms with E-state index < -0.39 is 0 Å². The second-order valence-corrected chi connectivity index (χ2v) is 5.09. The first-order valence-electron chi connectivity index (χ1n) is 6.12. The van der Waals surface area contributed by atoms with Gasteiger partial charge in [-0.15, -0.1) is 11.3 Å². The molecule has 102 valence electrons. The minimum Gasteiger partial charge on any atom is -0.396 e. The van der Waals surface area contributed by atoms with Crippen LogP contribution in [0.2, 0.25) is 0 Å². The number of hydrogen-bond donors (Lipinski definition) is 2. The summed E-state index contributed by atoms with van der Waals surface area (Å²) in [6.07, 6.45) is 0. The Balaban J connectivity index is 2.35. The zero-order valence-corrected chi connectivity index (χ0v) is 11.5. The van der Waals surface area contributed by atoms with Gasteiger partial charge in [0.25, 0.3) is 5.91 Å². The standard InChI is InChI=1S/C12H16N4O2S/c1-2-15-11(17)10-9(14)8(7-13)12(19-10)16-3-5-18-6-4-16/h2-6,14H2,1H3,(H,15,17). The summed E-state index contributed by atoms with van der Waals surface area (Å²) in [5.74, 6) is -0.221. The molecule has 1 aliphatic heterocycles. The van der Waals surface area contributed by atoms with Crippen LogP contribution in [0, 0.1) is 11.3 Å². The molecule has 0 unspecified atom stereocenters. The summed E-state index contributed by atoms with van der Waals surface area (Å²) < 4.78 is 5.29. The fourth-order valence-corrected chi connectivity index (χ4v) is 3.08. The first-order chi connectivity index (χ1) is 9.19. The van der Waals surface area contributed by atoms with Crippen LogP contribution in [0.3, 0.4) is 0 Å². The van der Waals surface area contributed by atoms with Gasteiger partial charge in [-0.25, -0.2) is 0 Å². The molecule has 1 fully saturated rings. The minimum atomic E-state index is -0.221. The fourth-order valence-electron chi connectivity index (χ4n) is 1.94. The maximum absolute atomic E-state index is 11.9. The molecule has 3 N–H and O–H groups in total. The van der Waals surface area contributed by atoms with Gasteiger partial charge in [0.05, 0.1) is 18.9 Å². The molecule has 19 heavy (non-hydrogen) atoms. The van der Waals surface area contributed by atoms with E-state index in [1.165, 1.54) is 11.3 Å². The second-order valence-electron chi connectivity index (χ2n) is 4.10. The highest BCUT2D eigenvalue weighted by atomic mass is 32.1. The molecule has 0 aliphatic carbocycles. The lowest BCUT2D eigenvalue weighted by atomic mass is 10.2. The number of nitrogens with two attached hydrogens (primary N) is 1. The molecular formula is C12H16N4O2S. The van der Waals surface area contributed by atoms with Crippen LogP contribution in [0.5, 0.6) is 0 Å². The third kappa shape index (κ3) is 2.64. The van der Waals surface area contributed by atoms with Crippen LogP contribution in [0.4, 0.5) is 10.7 Å². The SMILES string of the molecule is CCNC(=O)c1sc(N2CCOCC2)c(C#N)c1N. The van der Waals surface area contributed by atoms with Gasteiger partial charge in [0.15, 0.2) is 0 Å². The van der Waals surface area contributed by atoms with E-state index in [0.717, 1.165) is 5.00 Å². The monoisotopic (exact) mass is 280 g/mol. The molecule has 0 bridgehead atoms.